The molecule has 3 nitrogen and oxygen atoms in total. The van der Waals surface area contributed by atoms with E-state index < -0.39 is 10.0 Å². The van der Waals surface area contributed by atoms with Crippen LogP contribution < -0.4 is 0 Å². The summed E-state index contributed by atoms with van der Waals surface area (Å²) in [5.74, 6) is -0.331. The van der Waals surface area contributed by atoms with Crippen molar-refractivity contribution >= 4 is 55.2 Å². The van der Waals surface area contributed by atoms with Crippen LogP contribution in [0.25, 0.3) is 0 Å². The Kier molecular flexibility index (Phi) is 5.22. The minimum Gasteiger partial charge on any atom is -0.252 e. The predicted molar refractivity (Wildman–Crippen MR) is 109 cm³/mol. The molecule has 0 saturated heterocycles. The average molecular weight is 569 g/mol. The molecule has 126 valence electrons. The lowest BCUT2D eigenvalue weighted by atomic mass is 10.1. The van der Waals surface area contributed by atoms with Gasteiger partial charge in [0.25, 0.3) is 10.0 Å². The number of halogens is 3. The molecular weight excluding hydrogens is 555 g/mol. The Hall–Kier alpha value is -0.680. The van der Waals surface area contributed by atoms with Gasteiger partial charge in [0.1, 0.15) is 9.52 Å². The zero-order valence-corrected chi connectivity index (χ0v) is 17.8. The summed E-state index contributed by atoms with van der Waals surface area (Å²) in [6.45, 7) is 1.92. The molecule has 1 aliphatic rings. The fraction of sp³-hybridized carbons (Fsp3) is 0.176. The van der Waals surface area contributed by atoms with Gasteiger partial charge in [-0.05, 0) is 81.9 Å². The lowest BCUT2D eigenvalue weighted by molar-refractivity contribution is 0.431. The molecule has 1 atom stereocenters. The van der Waals surface area contributed by atoms with Gasteiger partial charge >= 0.3 is 0 Å². The minimum absolute atomic E-state index is 0.264. The van der Waals surface area contributed by atoms with Crippen LogP contribution in [0.5, 0.6) is 0 Å². The van der Waals surface area contributed by atoms with Gasteiger partial charge in [-0.15, -0.1) is 0 Å². The smallest absolute Gasteiger partial charge is 0.252 e. The van der Waals surface area contributed by atoms with E-state index in [4.69, 9.17) is 0 Å². The van der Waals surface area contributed by atoms with Gasteiger partial charge in [0.2, 0.25) is 0 Å². The Bertz CT molecular complexity index is 893. The molecule has 3 rings (SSSR count). The van der Waals surface area contributed by atoms with Crippen LogP contribution in [0.15, 0.2) is 60.7 Å². The zero-order chi connectivity index (χ0) is 17.5. The van der Waals surface area contributed by atoms with Gasteiger partial charge in [0, 0.05) is 10.0 Å². The third-order valence-electron chi connectivity index (χ3n) is 3.91. The van der Waals surface area contributed by atoms with E-state index in [1.807, 2.05) is 6.92 Å². The summed E-state index contributed by atoms with van der Waals surface area (Å²) in [7, 11) is -3.68. The number of hydrogen-bond acceptors (Lipinski definition) is 2. The van der Waals surface area contributed by atoms with Crippen LogP contribution in [-0.4, -0.2) is 12.7 Å². The maximum absolute atomic E-state index is 13.2. The second-order valence-electron chi connectivity index (χ2n) is 5.58. The lowest BCUT2D eigenvalue weighted by Gasteiger charge is -2.27. The second-order valence-corrected chi connectivity index (χ2v) is 9.72. The number of rotatable bonds is 3. The maximum Gasteiger partial charge on any atom is 0.265 e. The van der Waals surface area contributed by atoms with Gasteiger partial charge in [0.05, 0.1) is 10.9 Å². The molecule has 0 bridgehead atoms. The molecule has 1 unspecified atom stereocenters. The molecule has 0 spiro atoms. The largest absolute Gasteiger partial charge is 0.265 e. The lowest BCUT2D eigenvalue weighted by Crippen LogP contribution is -2.29. The molecule has 0 aliphatic carbocycles. The van der Waals surface area contributed by atoms with Gasteiger partial charge in [-0.2, -0.15) is 0 Å². The Morgan fingerprint density at radius 3 is 2.21 bits per heavy atom. The van der Waals surface area contributed by atoms with Crippen LogP contribution in [0.1, 0.15) is 23.6 Å². The van der Waals surface area contributed by atoms with Crippen molar-refractivity contribution in [3.63, 3.8) is 0 Å². The topological polar surface area (TPSA) is 37.4 Å². The second kappa shape index (κ2) is 6.91. The number of nitrogens with zero attached hydrogens (tertiary/aromatic N) is 1. The Balaban J connectivity index is 2.07. The number of aryl methyl sites for hydroxylation is 1. The highest BCUT2D eigenvalue weighted by Crippen LogP contribution is 2.47. The van der Waals surface area contributed by atoms with E-state index in [0.29, 0.717) is 10.1 Å². The molecule has 2 aromatic rings. The van der Waals surface area contributed by atoms with Gasteiger partial charge < -0.3 is 0 Å². The molecule has 0 fully saturated rings. The van der Waals surface area contributed by atoms with E-state index in [1.54, 1.807) is 36.4 Å². The molecule has 0 aromatic heterocycles. The van der Waals surface area contributed by atoms with Gasteiger partial charge in [-0.1, -0.05) is 29.8 Å². The number of sulfonamides is 1. The van der Waals surface area contributed by atoms with Crippen molar-refractivity contribution in [2.45, 2.75) is 24.3 Å². The Labute approximate surface area is 168 Å². The highest BCUT2D eigenvalue weighted by molar-refractivity contribution is 14.1. The third-order valence-corrected chi connectivity index (χ3v) is 9.21. The van der Waals surface area contributed by atoms with E-state index in [1.165, 1.54) is 16.4 Å². The van der Waals surface area contributed by atoms with Gasteiger partial charge in [0.15, 0.2) is 0 Å². The fourth-order valence-corrected chi connectivity index (χ4v) is 6.36. The summed E-state index contributed by atoms with van der Waals surface area (Å²) in [5.41, 5.74) is 1.79. The van der Waals surface area contributed by atoms with E-state index in [0.717, 1.165) is 14.7 Å². The summed E-state index contributed by atoms with van der Waals surface area (Å²) in [6.07, 6.45) is 0.593. The van der Waals surface area contributed by atoms with Crippen molar-refractivity contribution in [2.24, 2.45) is 0 Å². The summed E-state index contributed by atoms with van der Waals surface area (Å²) in [6, 6.07) is 12.5. The minimum atomic E-state index is -3.68. The zero-order valence-electron chi connectivity index (χ0n) is 12.7. The van der Waals surface area contributed by atoms with Gasteiger partial charge in [-0.25, -0.2) is 12.8 Å². The van der Waals surface area contributed by atoms with Gasteiger partial charge in [-0.3, -0.25) is 4.31 Å². The first-order chi connectivity index (χ1) is 11.3. The van der Waals surface area contributed by atoms with Crippen molar-refractivity contribution < 1.29 is 12.8 Å². The highest BCUT2D eigenvalue weighted by atomic mass is 127. The molecule has 1 aliphatic heterocycles. The van der Waals surface area contributed by atoms with E-state index in [9.17, 15) is 12.8 Å². The molecule has 0 radical (unpaired) electrons. The van der Waals surface area contributed by atoms with Crippen molar-refractivity contribution in [3.8, 4) is 0 Å². The van der Waals surface area contributed by atoms with Crippen LogP contribution in [0, 0.1) is 12.7 Å². The van der Waals surface area contributed by atoms with Crippen LogP contribution in [0.4, 0.5) is 4.39 Å². The monoisotopic (exact) mass is 569 g/mol. The normalized spacial score (nSPS) is 18.3. The Morgan fingerprint density at radius 1 is 1.04 bits per heavy atom. The highest BCUT2D eigenvalue weighted by Gasteiger charge is 2.39. The molecule has 0 N–H and O–H groups in total. The molecular formula is C17H14FI2NO2S. The fourth-order valence-electron chi connectivity index (χ4n) is 2.63. The maximum atomic E-state index is 13.2. The molecule has 7 heteroatoms. The first kappa shape index (κ1) is 18.1. The van der Waals surface area contributed by atoms with Crippen LogP contribution in [0.2, 0.25) is 0 Å². The van der Waals surface area contributed by atoms with Crippen LogP contribution in [-0.2, 0) is 10.0 Å². The quantitative estimate of drug-likeness (QED) is 0.372. The summed E-state index contributed by atoms with van der Waals surface area (Å²) in [5, 5.41) is 0. The standard InChI is InChI=1S/C17H14FI2NO2S/c1-11-2-8-14(9-3-11)24(22,23)21-16(10-15(19)17(21)20)12-4-6-13(18)7-5-12/h2-9,16H,10H2,1H3. The summed E-state index contributed by atoms with van der Waals surface area (Å²) in [4.78, 5) is 0.264. The van der Waals surface area contributed by atoms with E-state index in [2.05, 4.69) is 45.2 Å². The molecule has 2 aromatic carbocycles. The molecule has 24 heavy (non-hydrogen) atoms. The van der Waals surface area contributed by atoms with Crippen LogP contribution >= 0.6 is 45.2 Å². The SMILES string of the molecule is Cc1ccc(S(=O)(=O)N2C(I)=C(I)CC2c2ccc(F)cc2)cc1. The van der Waals surface area contributed by atoms with Crippen molar-refractivity contribution in [1.82, 2.24) is 4.31 Å². The average Bonchev–Trinajstić information content (AvgIpc) is 2.84. The molecule has 0 saturated carbocycles. The van der Waals surface area contributed by atoms with E-state index >= 15 is 0 Å². The van der Waals surface area contributed by atoms with Crippen LogP contribution in [0.3, 0.4) is 0 Å². The number of hydrogen-bond donors (Lipinski definition) is 0. The first-order valence-electron chi connectivity index (χ1n) is 7.21. The first-order valence-corrected chi connectivity index (χ1v) is 10.8. The summed E-state index contributed by atoms with van der Waals surface area (Å²) >= 11 is 4.25. The Morgan fingerprint density at radius 2 is 1.62 bits per heavy atom. The van der Waals surface area contributed by atoms with E-state index in [-0.39, 0.29) is 16.8 Å². The van der Waals surface area contributed by atoms with Crippen molar-refractivity contribution in [3.05, 3.63) is 72.8 Å². The summed E-state index contributed by atoms with van der Waals surface area (Å²) < 4.78 is 42.7. The molecule has 0 amide bonds. The van der Waals surface area contributed by atoms with Crippen molar-refractivity contribution in [1.29, 1.82) is 0 Å². The third kappa shape index (κ3) is 3.34. The molecule has 1 heterocycles. The van der Waals surface area contributed by atoms with Crippen molar-refractivity contribution in [2.75, 3.05) is 0 Å². The number of benzene rings is 2. The predicted octanol–water partition coefficient (Wildman–Crippen LogP) is 5.31.